The zero-order valence-electron chi connectivity index (χ0n) is 14.0. The molecule has 0 aliphatic heterocycles. The Labute approximate surface area is 151 Å². The molecule has 0 spiro atoms. The van der Waals surface area contributed by atoms with Gasteiger partial charge in [0.2, 0.25) is 0 Å². The highest BCUT2D eigenvalue weighted by molar-refractivity contribution is 6.30. The number of hydrogen-bond acceptors (Lipinski definition) is 4. The van der Waals surface area contributed by atoms with Crippen LogP contribution in [0.2, 0.25) is 5.02 Å². The first-order valence-electron chi connectivity index (χ1n) is 7.87. The molecule has 1 aromatic heterocycles. The van der Waals surface area contributed by atoms with Gasteiger partial charge in [0.05, 0.1) is 0 Å². The molecule has 2 aromatic carbocycles. The Balaban J connectivity index is 1.75. The average Bonchev–Trinajstić information content (AvgIpc) is 2.57. The maximum absolute atomic E-state index is 13.0. The van der Waals surface area contributed by atoms with E-state index in [2.05, 4.69) is 20.6 Å². The summed E-state index contributed by atoms with van der Waals surface area (Å²) in [6.45, 7) is 4.38. The summed E-state index contributed by atoms with van der Waals surface area (Å²) in [6, 6.07) is 13.9. The van der Waals surface area contributed by atoms with Gasteiger partial charge in [0.1, 0.15) is 23.3 Å². The lowest BCUT2D eigenvalue weighted by Gasteiger charge is -2.12. The van der Waals surface area contributed by atoms with E-state index in [-0.39, 0.29) is 5.82 Å². The van der Waals surface area contributed by atoms with E-state index in [1.165, 1.54) is 12.1 Å². The molecule has 0 amide bonds. The van der Waals surface area contributed by atoms with Crippen molar-refractivity contribution in [1.29, 1.82) is 0 Å². The summed E-state index contributed by atoms with van der Waals surface area (Å²) in [4.78, 5) is 8.80. The molecule has 0 fully saturated rings. The van der Waals surface area contributed by atoms with Gasteiger partial charge >= 0.3 is 0 Å². The topological polar surface area (TPSA) is 49.8 Å². The minimum absolute atomic E-state index is 0.245. The van der Waals surface area contributed by atoms with Crippen molar-refractivity contribution in [1.82, 2.24) is 9.97 Å². The Bertz CT molecular complexity index is 881. The molecule has 1 heterocycles. The summed E-state index contributed by atoms with van der Waals surface area (Å²) < 4.78 is 13.0. The molecule has 3 aromatic rings. The summed E-state index contributed by atoms with van der Waals surface area (Å²) in [5.41, 5.74) is 2.94. The van der Waals surface area contributed by atoms with Gasteiger partial charge < -0.3 is 10.6 Å². The molecule has 25 heavy (non-hydrogen) atoms. The van der Waals surface area contributed by atoms with E-state index in [1.807, 2.05) is 38.1 Å². The summed E-state index contributed by atoms with van der Waals surface area (Å²) in [6.07, 6.45) is 0. The summed E-state index contributed by atoms with van der Waals surface area (Å²) in [5.74, 6) is 1.77. The van der Waals surface area contributed by atoms with Crippen molar-refractivity contribution < 1.29 is 4.39 Å². The lowest BCUT2D eigenvalue weighted by Crippen LogP contribution is -2.05. The monoisotopic (exact) mass is 356 g/mol. The molecule has 0 aliphatic carbocycles. The standard InChI is InChI=1S/C19H18ClFN4/c1-12-3-6-15(20)9-17(12)25-19-10-18(23-13(2)24-19)22-11-14-4-7-16(21)8-5-14/h3-10H,11H2,1-2H3,(H2,22,23,24,25). The van der Waals surface area contributed by atoms with Gasteiger partial charge in [-0.3, -0.25) is 0 Å². The number of benzene rings is 2. The molecule has 0 bridgehead atoms. The Morgan fingerprint density at radius 1 is 0.960 bits per heavy atom. The van der Waals surface area contributed by atoms with Gasteiger partial charge in [-0.1, -0.05) is 29.8 Å². The Hall–Kier alpha value is -2.66. The fraction of sp³-hybridized carbons (Fsp3) is 0.158. The van der Waals surface area contributed by atoms with Crippen LogP contribution in [0.15, 0.2) is 48.5 Å². The van der Waals surface area contributed by atoms with Crippen molar-refractivity contribution in [2.45, 2.75) is 20.4 Å². The fourth-order valence-corrected chi connectivity index (χ4v) is 2.56. The Morgan fingerprint density at radius 3 is 2.44 bits per heavy atom. The smallest absolute Gasteiger partial charge is 0.136 e. The highest BCUT2D eigenvalue weighted by Crippen LogP contribution is 2.24. The number of nitrogens with zero attached hydrogens (tertiary/aromatic N) is 2. The zero-order valence-corrected chi connectivity index (χ0v) is 14.7. The zero-order chi connectivity index (χ0) is 17.8. The van der Waals surface area contributed by atoms with E-state index in [0.29, 0.717) is 29.0 Å². The average molecular weight is 357 g/mol. The second-order valence-corrected chi connectivity index (χ2v) is 6.19. The third kappa shape index (κ3) is 4.67. The van der Waals surface area contributed by atoms with Gasteiger partial charge in [-0.25, -0.2) is 14.4 Å². The predicted molar refractivity (Wildman–Crippen MR) is 100.0 cm³/mol. The molecule has 128 valence electrons. The second kappa shape index (κ2) is 7.49. The molecule has 2 N–H and O–H groups in total. The van der Waals surface area contributed by atoms with Gasteiger partial charge in [0, 0.05) is 23.3 Å². The molecule has 0 unspecified atom stereocenters. The van der Waals surface area contributed by atoms with Crippen LogP contribution >= 0.6 is 11.6 Å². The molecule has 0 aliphatic rings. The summed E-state index contributed by atoms with van der Waals surface area (Å²) in [7, 11) is 0. The van der Waals surface area contributed by atoms with E-state index >= 15 is 0 Å². The van der Waals surface area contributed by atoms with Crippen molar-refractivity contribution in [2.24, 2.45) is 0 Å². The third-order valence-electron chi connectivity index (χ3n) is 3.69. The van der Waals surface area contributed by atoms with E-state index in [4.69, 9.17) is 11.6 Å². The normalized spacial score (nSPS) is 10.6. The van der Waals surface area contributed by atoms with E-state index in [9.17, 15) is 4.39 Å². The molecular weight excluding hydrogens is 339 g/mol. The van der Waals surface area contributed by atoms with Crippen molar-refractivity contribution in [3.63, 3.8) is 0 Å². The number of hydrogen-bond donors (Lipinski definition) is 2. The van der Waals surface area contributed by atoms with Crippen LogP contribution in [-0.2, 0) is 6.54 Å². The minimum atomic E-state index is -0.245. The Kier molecular flexibility index (Phi) is 5.14. The van der Waals surface area contributed by atoms with E-state index in [0.717, 1.165) is 16.8 Å². The highest BCUT2D eigenvalue weighted by atomic mass is 35.5. The van der Waals surface area contributed by atoms with Gasteiger partial charge in [-0.15, -0.1) is 0 Å². The molecule has 0 atom stereocenters. The van der Waals surface area contributed by atoms with Crippen molar-refractivity contribution >= 4 is 28.9 Å². The number of anilines is 3. The van der Waals surface area contributed by atoms with Gasteiger partial charge in [-0.2, -0.15) is 0 Å². The molecule has 6 heteroatoms. The van der Waals surface area contributed by atoms with Crippen molar-refractivity contribution in [3.05, 3.63) is 76.3 Å². The largest absolute Gasteiger partial charge is 0.366 e. The molecule has 0 saturated carbocycles. The van der Waals surface area contributed by atoms with Crippen molar-refractivity contribution in [3.8, 4) is 0 Å². The van der Waals surface area contributed by atoms with Crippen LogP contribution in [0.5, 0.6) is 0 Å². The predicted octanol–water partition coefficient (Wildman–Crippen LogP) is 5.24. The first-order chi connectivity index (χ1) is 12.0. The molecule has 0 saturated heterocycles. The van der Waals surface area contributed by atoms with E-state index in [1.54, 1.807) is 12.1 Å². The van der Waals surface area contributed by atoms with Crippen molar-refractivity contribution in [2.75, 3.05) is 10.6 Å². The number of aryl methyl sites for hydroxylation is 2. The third-order valence-corrected chi connectivity index (χ3v) is 3.92. The maximum atomic E-state index is 13.0. The van der Waals surface area contributed by atoms with Gasteiger partial charge in [0.15, 0.2) is 0 Å². The van der Waals surface area contributed by atoms with E-state index < -0.39 is 0 Å². The maximum Gasteiger partial charge on any atom is 0.136 e. The number of halogens is 2. The fourth-order valence-electron chi connectivity index (χ4n) is 2.38. The lowest BCUT2D eigenvalue weighted by atomic mass is 10.2. The highest BCUT2D eigenvalue weighted by Gasteiger charge is 2.05. The van der Waals surface area contributed by atoms with Crippen LogP contribution in [0, 0.1) is 19.7 Å². The number of rotatable bonds is 5. The molecule has 0 radical (unpaired) electrons. The molecule has 4 nitrogen and oxygen atoms in total. The van der Waals surface area contributed by atoms with Crippen LogP contribution in [0.1, 0.15) is 17.0 Å². The van der Waals surface area contributed by atoms with Crippen LogP contribution in [0.25, 0.3) is 0 Å². The van der Waals surface area contributed by atoms with Gasteiger partial charge in [-0.05, 0) is 49.2 Å². The van der Waals surface area contributed by atoms with Crippen LogP contribution in [0.4, 0.5) is 21.7 Å². The quantitative estimate of drug-likeness (QED) is 0.656. The minimum Gasteiger partial charge on any atom is -0.366 e. The molecular formula is C19H18ClFN4. The number of nitrogens with one attached hydrogen (secondary N) is 2. The van der Waals surface area contributed by atoms with Crippen LogP contribution in [-0.4, -0.2) is 9.97 Å². The summed E-state index contributed by atoms with van der Waals surface area (Å²) in [5, 5.41) is 7.17. The molecule has 3 rings (SSSR count). The SMILES string of the molecule is Cc1nc(NCc2ccc(F)cc2)cc(Nc2cc(Cl)ccc2C)n1. The number of aromatic nitrogens is 2. The Morgan fingerprint density at radius 2 is 1.68 bits per heavy atom. The first kappa shape index (κ1) is 17.2. The van der Waals surface area contributed by atoms with Crippen LogP contribution < -0.4 is 10.6 Å². The first-order valence-corrected chi connectivity index (χ1v) is 8.24. The van der Waals surface area contributed by atoms with Crippen LogP contribution in [0.3, 0.4) is 0 Å². The second-order valence-electron chi connectivity index (χ2n) is 5.75. The lowest BCUT2D eigenvalue weighted by molar-refractivity contribution is 0.627. The summed E-state index contributed by atoms with van der Waals surface area (Å²) >= 11 is 6.06. The van der Waals surface area contributed by atoms with Gasteiger partial charge in [0.25, 0.3) is 0 Å².